The van der Waals surface area contributed by atoms with E-state index in [1.165, 1.54) is 23.9 Å². The van der Waals surface area contributed by atoms with Gasteiger partial charge in [-0.15, -0.1) is 0 Å². The third kappa shape index (κ3) is 4.20. The number of carbonyl (C=O) groups is 2. The molecule has 2 aromatic carbocycles. The van der Waals surface area contributed by atoms with E-state index in [4.69, 9.17) is 0 Å². The smallest absolute Gasteiger partial charge is 0.273 e. The highest BCUT2D eigenvalue weighted by molar-refractivity contribution is 7.99. The predicted molar refractivity (Wildman–Crippen MR) is 97.8 cm³/mol. The van der Waals surface area contributed by atoms with Crippen molar-refractivity contribution in [2.24, 2.45) is 0 Å². The summed E-state index contributed by atoms with van der Waals surface area (Å²) >= 11 is 1.35. The van der Waals surface area contributed by atoms with E-state index in [1.807, 2.05) is 30.3 Å². The van der Waals surface area contributed by atoms with Crippen LogP contribution in [0.5, 0.6) is 5.75 Å². The molecule has 0 saturated carbocycles. The average molecular weight is 365 g/mol. The Labute approximate surface area is 154 Å². The Balaban J connectivity index is 1.70. The molecule has 3 aromatic rings. The number of nitrogens with one attached hydrogen (secondary N) is 2. The van der Waals surface area contributed by atoms with Crippen molar-refractivity contribution < 1.29 is 14.7 Å². The third-order valence-corrected chi connectivity index (χ3v) is 4.44. The molecule has 0 fully saturated rings. The largest absolute Gasteiger partial charge is 0.507 e. The van der Waals surface area contributed by atoms with Crippen molar-refractivity contribution in [2.75, 3.05) is 0 Å². The molecule has 0 aliphatic carbocycles. The number of aromatic hydroxyl groups is 1. The van der Waals surface area contributed by atoms with Crippen molar-refractivity contribution in [1.29, 1.82) is 0 Å². The van der Waals surface area contributed by atoms with E-state index in [0.29, 0.717) is 10.6 Å². The van der Waals surface area contributed by atoms with Crippen LogP contribution < -0.4 is 10.9 Å². The van der Waals surface area contributed by atoms with Crippen molar-refractivity contribution in [2.45, 2.75) is 9.92 Å². The van der Waals surface area contributed by atoms with E-state index in [0.717, 1.165) is 4.90 Å². The number of amides is 2. The number of pyridine rings is 1. The molecule has 0 saturated heterocycles. The lowest BCUT2D eigenvalue weighted by Gasteiger charge is -2.10. The van der Waals surface area contributed by atoms with Gasteiger partial charge in [0.05, 0.1) is 11.1 Å². The number of phenols is 1. The molecule has 130 valence electrons. The number of hydrogen-bond acceptors (Lipinski definition) is 5. The summed E-state index contributed by atoms with van der Waals surface area (Å²) in [4.78, 5) is 29.7. The second-order valence-corrected chi connectivity index (χ2v) is 6.26. The first kappa shape index (κ1) is 17.5. The standard InChI is InChI=1S/C19H15N3O3S/c23-16-11-5-4-9-14(16)17(24)21-22-18(25)15-10-6-12-20-19(15)26-13-7-2-1-3-8-13/h1-12,23H,(H,21,24)(H,22,25). The zero-order chi connectivity index (χ0) is 18.4. The lowest BCUT2D eigenvalue weighted by molar-refractivity contribution is 0.0843. The first-order valence-corrected chi connectivity index (χ1v) is 8.53. The molecule has 0 bridgehead atoms. The average Bonchev–Trinajstić information content (AvgIpc) is 2.67. The number of rotatable bonds is 4. The van der Waals surface area contributed by atoms with Crippen molar-refractivity contribution in [3.8, 4) is 5.75 Å². The van der Waals surface area contributed by atoms with E-state index < -0.39 is 11.8 Å². The summed E-state index contributed by atoms with van der Waals surface area (Å²) < 4.78 is 0. The number of para-hydroxylation sites is 1. The SMILES string of the molecule is O=C(NNC(=O)c1cccnc1Sc1ccccc1)c1ccccc1O. The fourth-order valence-corrected chi connectivity index (χ4v) is 3.06. The van der Waals surface area contributed by atoms with E-state index in [1.54, 1.807) is 30.5 Å². The van der Waals surface area contributed by atoms with Crippen LogP contribution in [0.3, 0.4) is 0 Å². The van der Waals surface area contributed by atoms with E-state index in [-0.39, 0.29) is 11.3 Å². The Hall–Kier alpha value is -3.32. The lowest BCUT2D eigenvalue weighted by atomic mass is 10.2. The maximum absolute atomic E-state index is 12.4. The number of carbonyl (C=O) groups excluding carboxylic acids is 2. The second kappa shape index (κ2) is 8.17. The number of hydrazine groups is 1. The molecular weight excluding hydrogens is 350 g/mol. The van der Waals surface area contributed by atoms with Gasteiger partial charge >= 0.3 is 0 Å². The van der Waals surface area contributed by atoms with Crippen LogP contribution in [0.2, 0.25) is 0 Å². The molecule has 0 atom stereocenters. The molecule has 3 rings (SSSR count). The van der Waals surface area contributed by atoms with Gasteiger partial charge in [0.1, 0.15) is 10.8 Å². The summed E-state index contributed by atoms with van der Waals surface area (Å²) in [6.07, 6.45) is 1.60. The third-order valence-electron chi connectivity index (χ3n) is 3.41. The summed E-state index contributed by atoms with van der Waals surface area (Å²) in [6, 6.07) is 18.9. The molecule has 1 heterocycles. The molecule has 0 spiro atoms. The highest BCUT2D eigenvalue weighted by Gasteiger charge is 2.15. The second-order valence-electron chi connectivity index (χ2n) is 5.20. The van der Waals surface area contributed by atoms with E-state index in [9.17, 15) is 14.7 Å². The van der Waals surface area contributed by atoms with Gasteiger partial charge in [-0.05, 0) is 36.4 Å². The monoisotopic (exact) mass is 365 g/mol. The summed E-state index contributed by atoms with van der Waals surface area (Å²) in [6.45, 7) is 0. The maximum Gasteiger partial charge on any atom is 0.273 e. The van der Waals surface area contributed by atoms with Crippen LogP contribution in [0.25, 0.3) is 0 Å². The fourth-order valence-electron chi connectivity index (χ4n) is 2.16. The summed E-state index contributed by atoms with van der Waals surface area (Å²) in [5.41, 5.74) is 5.04. The van der Waals surface area contributed by atoms with Crippen LogP contribution in [0.1, 0.15) is 20.7 Å². The van der Waals surface area contributed by atoms with Crippen molar-refractivity contribution in [1.82, 2.24) is 15.8 Å². The maximum atomic E-state index is 12.4. The van der Waals surface area contributed by atoms with Gasteiger partial charge in [0.2, 0.25) is 0 Å². The highest BCUT2D eigenvalue weighted by atomic mass is 32.2. The summed E-state index contributed by atoms with van der Waals surface area (Å²) in [5.74, 6) is -1.28. The zero-order valence-corrected chi connectivity index (χ0v) is 14.4. The quantitative estimate of drug-likeness (QED) is 0.618. The molecule has 6 nitrogen and oxygen atoms in total. The zero-order valence-electron chi connectivity index (χ0n) is 13.5. The normalized spacial score (nSPS) is 10.2. The van der Waals surface area contributed by atoms with Gasteiger partial charge in [0, 0.05) is 11.1 Å². The minimum absolute atomic E-state index is 0.0675. The van der Waals surface area contributed by atoms with Gasteiger partial charge < -0.3 is 5.11 Å². The Bertz CT molecular complexity index is 932. The molecule has 26 heavy (non-hydrogen) atoms. The van der Waals surface area contributed by atoms with Crippen LogP contribution in [0.15, 0.2) is 82.8 Å². The summed E-state index contributed by atoms with van der Waals surface area (Å²) in [7, 11) is 0. The number of phenolic OH excluding ortho intramolecular Hbond substituents is 1. The first-order valence-electron chi connectivity index (χ1n) is 7.72. The molecule has 7 heteroatoms. The Morgan fingerprint density at radius 2 is 1.42 bits per heavy atom. The Kier molecular flexibility index (Phi) is 5.50. The highest BCUT2D eigenvalue weighted by Crippen LogP contribution is 2.28. The van der Waals surface area contributed by atoms with Crippen LogP contribution >= 0.6 is 11.8 Å². The van der Waals surface area contributed by atoms with Gasteiger partial charge in [0.15, 0.2) is 0 Å². The van der Waals surface area contributed by atoms with Crippen LogP contribution in [0, 0.1) is 0 Å². The van der Waals surface area contributed by atoms with Gasteiger partial charge in [-0.2, -0.15) is 0 Å². The summed E-state index contributed by atoms with van der Waals surface area (Å²) in [5, 5.41) is 10.2. The Morgan fingerprint density at radius 3 is 2.15 bits per heavy atom. The number of aromatic nitrogens is 1. The van der Waals surface area contributed by atoms with Gasteiger partial charge in [-0.3, -0.25) is 20.4 Å². The van der Waals surface area contributed by atoms with Crippen LogP contribution in [0.4, 0.5) is 0 Å². The minimum atomic E-state index is -0.613. The van der Waals surface area contributed by atoms with Gasteiger partial charge in [-0.25, -0.2) is 4.98 Å². The molecule has 0 aliphatic heterocycles. The fraction of sp³-hybridized carbons (Fsp3) is 0. The predicted octanol–water partition coefficient (Wildman–Crippen LogP) is 3.01. The number of benzene rings is 2. The van der Waals surface area contributed by atoms with Crippen LogP contribution in [-0.2, 0) is 0 Å². The molecule has 2 amide bonds. The van der Waals surface area contributed by atoms with E-state index in [2.05, 4.69) is 15.8 Å². The van der Waals surface area contributed by atoms with Crippen molar-refractivity contribution in [3.63, 3.8) is 0 Å². The molecule has 0 radical (unpaired) electrons. The van der Waals surface area contributed by atoms with Crippen molar-refractivity contribution in [3.05, 3.63) is 84.1 Å². The topological polar surface area (TPSA) is 91.3 Å². The number of nitrogens with zero attached hydrogens (tertiary/aromatic N) is 1. The molecule has 3 N–H and O–H groups in total. The minimum Gasteiger partial charge on any atom is -0.507 e. The van der Waals surface area contributed by atoms with Crippen LogP contribution in [-0.4, -0.2) is 21.9 Å². The van der Waals surface area contributed by atoms with Gasteiger partial charge in [0.25, 0.3) is 11.8 Å². The molecule has 1 aromatic heterocycles. The van der Waals surface area contributed by atoms with E-state index >= 15 is 0 Å². The molecular formula is C19H15N3O3S. The Morgan fingerprint density at radius 1 is 0.808 bits per heavy atom. The van der Waals surface area contributed by atoms with Gasteiger partial charge in [-0.1, -0.05) is 42.1 Å². The first-order chi connectivity index (χ1) is 12.6. The lowest BCUT2D eigenvalue weighted by Crippen LogP contribution is -2.41. The molecule has 0 aliphatic rings. The molecule has 0 unspecified atom stereocenters. The van der Waals surface area contributed by atoms with Crippen molar-refractivity contribution >= 4 is 23.6 Å². The number of hydrogen-bond donors (Lipinski definition) is 3.